The van der Waals surface area contributed by atoms with Crippen molar-refractivity contribution in [2.45, 2.75) is 32.5 Å². The Balaban J connectivity index is 2.05. The molecule has 2 heterocycles. The Morgan fingerprint density at radius 1 is 1.56 bits per heavy atom. The minimum absolute atomic E-state index is 0.00322. The summed E-state index contributed by atoms with van der Waals surface area (Å²) in [6.07, 6.45) is 0.896. The van der Waals surface area contributed by atoms with E-state index in [1.807, 2.05) is 24.1 Å². The molecule has 18 heavy (non-hydrogen) atoms. The Bertz CT molecular complexity index is 411. The zero-order chi connectivity index (χ0) is 13.1. The van der Waals surface area contributed by atoms with Crippen molar-refractivity contribution in [1.82, 2.24) is 9.88 Å². The Kier molecular flexibility index (Phi) is 4.31. The van der Waals surface area contributed by atoms with Gasteiger partial charge in [-0.2, -0.15) is 0 Å². The number of nitrogens with zero attached hydrogens (tertiary/aromatic N) is 2. The molecule has 6 heteroatoms. The van der Waals surface area contributed by atoms with E-state index in [4.69, 9.17) is 10.5 Å². The molecule has 0 spiro atoms. The standard InChI is InChI=1S/C12H19N3O2S/c1-8-5-15(6-9(2)17-8)12(16)10-7-18-11(14-10)3-4-13/h7-9H,3-6,13H2,1-2H3/t8-,9-/m1/s1. The van der Waals surface area contributed by atoms with Gasteiger partial charge in [0.2, 0.25) is 0 Å². The van der Waals surface area contributed by atoms with Crippen molar-refractivity contribution in [3.05, 3.63) is 16.1 Å². The lowest BCUT2D eigenvalue weighted by Crippen LogP contribution is -2.48. The number of ether oxygens (including phenoxy) is 1. The van der Waals surface area contributed by atoms with Gasteiger partial charge in [-0.1, -0.05) is 0 Å². The third-order valence-corrected chi connectivity index (χ3v) is 3.74. The number of aromatic nitrogens is 1. The molecule has 0 unspecified atom stereocenters. The smallest absolute Gasteiger partial charge is 0.273 e. The van der Waals surface area contributed by atoms with Crippen LogP contribution in [-0.2, 0) is 11.2 Å². The van der Waals surface area contributed by atoms with Gasteiger partial charge < -0.3 is 15.4 Å². The van der Waals surface area contributed by atoms with Gasteiger partial charge in [0.1, 0.15) is 5.69 Å². The lowest BCUT2D eigenvalue weighted by atomic mass is 10.2. The number of nitrogens with two attached hydrogens (primary N) is 1. The molecule has 1 fully saturated rings. The number of rotatable bonds is 3. The van der Waals surface area contributed by atoms with Gasteiger partial charge in [0.15, 0.2) is 0 Å². The third kappa shape index (κ3) is 3.07. The number of thiazole rings is 1. The number of hydrogen-bond donors (Lipinski definition) is 1. The molecule has 100 valence electrons. The fourth-order valence-corrected chi connectivity index (χ4v) is 2.94. The average molecular weight is 269 g/mol. The van der Waals surface area contributed by atoms with Crippen LogP contribution in [0.2, 0.25) is 0 Å². The maximum Gasteiger partial charge on any atom is 0.273 e. The topological polar surface area (TPSA) is 68.5 Å². The fourth-order valence-electron chi connectivity index (χ4n) is 2.15. The largest absolute Gasteiger partial charge is 0.372 e. The first-order valence-corrected chi connectivity index (χ1v) is 7.07. The predicted molar refractivity (Wildman–Crippen MR) is 70.8 cm³/mol. The Morgan fingerprint density at radius 2 is 2.22 bits per heavy atom. The van der Waals surface area contributed by atoms with Gasteiger partial charge in [-0.05, 0) is 20.4 Å². The molecule has 0 bridgehead atoms. The lowest BCUT2D eigenvalue weighted by Gasteiger charge is -2.34. The van der Waals surface area contributed by atoms with Gasteiger partial charge in [0.05, 0.1) is 17.2 Å². The van der Waals surface area contributed by atoms with E-state index in [1.165, 1.54) is 11.3 Å². The van der Waals surface area contributed by atoms with E-state index in [2.05, 4.69) is 4.98 Å². The Labute approximate surface area is 111 Å². The average Bonchev–Trinajstić information content (AvgIpc) is 2.76. The number of carbonyl (C=O) groups is 1. The van der Waals surface area contributed by atoms with Crippen LogP contribution in [0.4, 0.5) is 0 Å². The maximum atomic E-state index is 12.3. The number of amides is 1. The molecule has 2 N–H and O–H groups in total. The van der Waals surface area contributed by atoms with Crippen LogP contribution < -0.4 is 5.73 Å². The summed E-state index contributed by atoms with van der Waals surface area (Å²) in [5.41, 5.74) is 6.01. The highest BCUT2D eigenvalue weighted by molar-refractivity contribution is 7.09. The molecule has 0 radical (unpaired) electrons. The Morgan fingerprint density at radius 3 is 2.83 bits per heavy atom. The molecule has 2 atom stereocenters. The quantitative estimate of drug-likeness (QED) is 0.885. The summed E-state index contributed by atoms with van der Waals surface area (Å²) in [5, 5.41) is 2.74. The summed E-state index contributed by atoms with van der Waals surface area (Å²) in [6.45, 7) is 5.79. The van der Waals surface area contributed by atoms with Gasteiger partial charge >= 0.3 is 0 Å². The minimum Gasteiger partial charge on any atom is -0.372 e. The molecule has 1 aliphatic heterocycles. The van der Waals surface area contributed by atoms with Crippen LogP contribution in [-0.4, -0.2) is 47.6 Å². The van der Waals surface area contributed by atoms with E-state index in [1.54, 1.807) is 0 Å². The van der Waals surface area contributed by atoms with E-state index in [9.17, 15) is 4.79 Å². The molecule has 0 aliphatic carbocycles. The summed E-state index contributed by atoms with van der Waals surface area (Å²) in [4.78, 5) is 18.4. The number of carbonyl (C=O) groups excluding carboxylic acids is 1. The maximum absolute atomic E-state index is 12.3. The SMILES string of the molecule is C[C@@H]1CN(C(=O)c2csc(CCN)n2)C[C@@H](C)O1. The van der Waals surface area contributed by atoms with Crippen molar-refractivity contribution < 1.29 is 9.53 Å². The fraction of sp³-hybridized carbons (Fsp3) is 0.667. The van der Waals surface area contributed by atoms with Crippen molar-refractivity contribution in [3.63, 3.8) is 0 Å². The second-order valence-corrected chi connectivity index (χ2v) is 5.58. The van der Waals surface area contributed by atoms with E-state index in [0.29, 0.717) is 25.3 Å². The monoisotopic (exact) mass is 269 g/mol. The minimum atomic E-state index is -0.00322. The van der Waals surface area contributed by atoms with Crippen LogP contribution in [0.5, 0.6) is 0 Å². The van der Waals surface area contributed by atoms with Crippen LogP contribution >= 0.6 is 11.3 Å². The number of hydrogen-bond acceptors (Lipinski definition) is 5. The first kappa shape index (κ1) is 13.5. The summed E-state index contributed by atoms with van der Waals surface area (Å²) < 4.78 is 5.62. The molecule has 1 aromatic heterocycles. The van der Waals surface area contributed by atoms with Crippen LogP contribution in [0.15, 0.2) is 5.38 Å². The van der Waals surface area contributed by atoms with E-state index < -0.39 is 0 Å². The molecule has 0 aromatic carbocycles. The molecule has 1 saturated heterocycles. The molecule has 1 amide bonds. The number of morpholine rings is 1. The summed E-state index contributed by atoms with van der Waals surface area (Å²) in [5.74, 6) is -0.00322. The summed E-state index contributed by atoms with van der Waals surface area (Å²) >= 11 is 1.50. The van der Waals surface area contributed by atoms with E-state index in [0.717, 1.165) is 11.4 Å². The van der Waals surface area contributed by atoms with Crippen LogP contribution in [0.3, 0.4) is 0 Å². The van der Waals surface area contributed by atoms with Crippen molar-refractivity contribution in [2.75, 3.05) is 19.6 Å². The second kappa shape index (κ2) is 5.77. The predicted octanol–water partition coefficient (Wildman–Crippen LogP) is 0.894. The first-order valence-electron chi connectivity index (χ1n) is 6.19. The molecule has 2 rings (SSSR count). The lowest BCUT2D eigenvalue weighted by molar-refractivity contribution is -0.0587. The zero-order valence-electron chi connectivity index (χ0n) is 10.8. The molecule has 1 aliphatic rings. The summed E-state index contributed by atoms with van der Waals surface area (Å²) in [7, 11) is 0. The first-order chi connectivity index (χ1) is 8.60. The van der Waals surface area contributed by atoms with Crippen LogP contribution in [0, 0.1) is 0 Å². The highest BCUT2D eigenvalue weighted by Crippen LogP contribution is 2.16. The van der Waals surface area contributed by atoms with Crippen molar-refractivity contribution >= 4 is 17.2 Å². The highest BCUT2D eigenvalue weighted by Gasteiger charge is 2.27. The van der Waals surface area contributed by atoms with E-state index in [-0.39, 0.29) is 18.1 Å². The van der Waals surface area contributed by atoms with Gasteiger partial charge in [-0.15, -0.1) is 11.3 Å². The van der Waals surface area contributed by atoms with Crippen LogP contribution in [0.1, 0.15) is 29.3 Å². The molecule has 5 nitrogen and oxygen atoms in total. The van der Waals surface area contributed by atoms with Crippen molar-refractivity contribution in [1.29, 1.82) is 0 Å². The second-order valence-electron chi connectivity index (χ2n) is 4.63. The van der Waals surface area contributed by atoms with Gasteiger partial charge in [0.25, 0.3) is 5.91 Å². The van der Waals surface area contributed by atoms with Crippen molar-refractivity contribution in [2.24, 2.45) is 5.73 Å². The highest BCUT2D eigenvalue weighted by atomic mass is 32.1. The zero-order valence-corrected chi connectivity index (χ0v) is 11.6. The normalized spacial score (nSPS) is 24.3. The molecule has 0 saturated carbocycles. The Hall–Kier alpha value is -0.980. The van der Waals surface area contributed by atoms with E-state index >= 15 is 0 Å². The van der Waals surface area contributed by atoms with Gasteiger partial charge in [-0.25, -0.2) is 4.98 Å². The third-order valence-electron chi connectivity index (χ3n) is 2.84. The molecular weight excluding hydrogens is 250 g/mol. The van der Waals surface area contributed by atoms with Gasteiger partial charge in [0, 0.05) is 24.9 Å². The summed E-state index contributed by atoms with van der Waals surface area (Å²) in [6, 6.07) is 0. The van der Waals surface area contributed by atoms with Crippen LogP contribution in [0.25, 0.3) is 0 Å². The molecule has 1 aromatic rings. The van der Waals surface area contributed by atoms with Crippen molar-refractivity contribution in [3.8, 4) is 0 Å². The molecular formula is C12H19N3O2S. The van der Waals surface area contributed by atoms with Gasteiger partial charge in [-0.3, -0.25) is 4.79 Å².